The molecule has 2 atom stereocenters. The van der Waals surface area contributed by atoms with Crippen LogP contribution in [0.3, 0.4) is 0 Å². The molecule has 186 valence electrons. The Morgan fingerprint density at radius 1 is 1.05 bits per heavy atom. The molecular weight excluding hydrogens is 464 g/mol. The second kappa shape index (κ2) is 9.54. The quantitative estimate of drug-likeness (QED) is 0.360. The summed E-state index contributed by atoms with van der Waals surface area (Å²) < 4.78 is 7.53. The molecule has 1 aliphatic rings. The molecule has 0 amide bonds. The summed E-state index contributed by atoms with van der Waals surface area (Å²) in [6.45, 7) is 5.21. The zero-order valence-electron chi connectivity index (χ0n) is 20.8. The van der Waals surface area contributed by atoms with E-state index in [1.165, 1.54) is 5.56 Å². The van der Waals surface area contributed by atoms with Gasteiger partial charge in [0.25, 0.3) is 5.56 Å². The highest BCUT2D eigenvalue weighted by Crippen LogP contribution is 2.40. The normalized spacial score (nSPS) is 15.6. The van der Waals surface area contributed by atoms with E-state index in [-0.39, 0.29) is 11.6 Å². The minimum atomic E-state index is -0.485. The lowest BCUT2D eigenvalue weighted by Gasteiger charge is -2.33. The molecule has 2 aromatic heterocycles. The number of aromatic amines is 1. The van der Waals surface area contributed by atoms with Gasteiger partial charge in [-0.25, -0.2) is 4.68 Å². The van der Waals surface area contributed by atoms with Crippen molar-refractivity contribution in [1.82, 2.24) is 25.2 Å². The van der Waals surface area contributed by atoms with Crippen LogP contribution in [0.2, 0.25) is 0 Å². The zero-order chi connectivity index (χ0) is 25.4. The highest BCUT2D eigenvalue weighted by Gasteiger charge is 2.37. The van der Waals surface area contributed by atoms with E-state index in [0.717, 1.165) is 34.3 Å². The SMILES string of the molecule is CCOc1ccc2[nH]c(=O)c([C@@H](c3nnnn3Cc3ccccc3)N3c4ccccc4C[C@@H]3C)cc2c1. The molecular formula is C29H28N6O2. The molecule has 0 unspecified atom stereocenters. The molecule has 0 bridgehead atoms. The van der Waals surface area contributed by atoms with Crippen molar-refractivity contribution in [2.24, 2.45) is 0 Å². The molecule has 6 rings (SSSR count). The van der Waals surface area contributed by atoms with Gasteiger partial charge in [0.05, 0.1) is 13.2 Å². The van der Waals surface area contributed by atoms with Crippen molar-refractivity contribution in [2.75, 3.05) is 11.5 Å². The van der Waals surface area contributed by atoms with Gasteiger partial charge in [-0.15, -0.1) is 5.10 Å². The lowest BCUT2D eigenvalue weighted by atomic mass is 10.0. The maximum atomic E-state index is 13.6. The Kier molecular flexibility index (Phi) is 5.92. The van der Waals surface area contributed by atoms with Crippen LogP contribution in [0.15, 0.2) is 83.7 Å². The number of nitrogens with one attached hydrogen (secondary N) is 1. The first-order valence-electron chi connectivity index (χ1n) is 12.6. The minimum absolute atomic E-state index is 0.147. The molecule has 5 aromatic rings. The van der Waals surface area contributed by atoms with Crippen molar-refractivity contribution in [2.45, 2.75) is 38.9 Å². The van der Waals surface area contributed by atoms with Crippen LogP contribution in [0.1, 0.15) is 42.4 Å². The molecule has 8 heteroatoms. The number of rotatable bonds is 7. The summed E-state index contributed by atoms with van der Waals surface area (Å²) >= 11 is 0. The fraction of sp³-hybridized carbons (Fsp3) is 0.241. The van der Waals surface area contributed by atoms with Crippen LogP contribution in [-0.4, -0.2) is 37.8 Å². The molecule has 0 spiro atoms. The number of hydrogen-bond donors (Lipinski definition) is 1. The Hall–Kier alpha value is -4.46. The van der Waals surface area contributed by atoms with Crippen LogP contribution in [0, 0.1) is 0 Å². The van der Waals surface area contributed by atoms with Crippen LogP contribution in [0.4, 0.5) is 5.69 Å². The Bertz CT molecular complexity index is 1610. The van der Waals surface area contributed by atoms with Gasteiger partial charge in [-0.3, -0.25) is 4.79 Å². The van der Waals surface area contributed by atoms with Crippen molar-refractivity contribution >= 4 is 16.6 Å². The second-order valence-corrected chi connectivity index (χ2v) is 9.41. The number of pyridine rings is 1. The van der Waals surface area contributed by atoms with Gasteiger partial charge in [-0.2, -0.15) is 0 Å². The third-order valence-corrected chi connectivity index (χ3v) is 6.97. The lowest BCUT2D eigenvalue weighted by molar-refractivity contribution is 0.340. The molecule has 0 radical (unpaired) electrons. The smallest absolute Gasteiger partial charge is 0.254 e. The molecule has 8 nitrogen and oxygen atoms in total. The number of benzene rings is 3. The number of fused-ring (bicyclic) bond motifs is 2. The van der Waals surface area contributed by atoms with E-state index in [1.807, 2.05) is 67.6 Å². The molecule has 37 heavy (non-hydrogen) atoms. The predicted molar refractivity (Wildman–Crippen MR) is 143 cm³/mol. The van der Waals surface area contributed by atoms with Crippen LogP contribution in [0.25, 0.3) is 10.9 Å². The predicted octanol–water partition coefficient (Wildman–Crippen LogP) is 4.50. The first kappa shape index (κ1) is 23.0. The topological polar surface area (TPSA) is 88.9 Å². The zero-order valence-corrected chi connectivity index (χ0v) is 20.8. The van der Waals surface area contributed by atoms with E-state index < -0.39 is 6.04 Å². The van der Waals surface area contributed by atoms with Crippen molar-refractivity contribution in [3.63, 3.8) is 0 Å². The van der Waals surface area contributed by atoms with E-state index in [9.17, 15) is 4.79 Å². The molecule has 1 aliphatic heterocycles. The molecule has 3 heterocycles. The van der Waals surface area contributed by atoms with E-state index in [4.69, 9.17) is 4.74 Å². The summed E-state index contributed by atoms with van der Waals surface area (Å²) in [7, 11) is 0. The van der Waals surface area contributed by atoms with Crippen LogP contribution >= 0.6 is 0 Å². The summed E-state index contributed by atoms with van der Waals surface area (Å²) in [5, 5.41) is 13.8. The average Bonchev–Trinajstić information content (AvgIpc) is 3.49. The fourth-order valence-corrected chi connectivity index (χ4v) is 5.33. The molecule has 0 saturated carbocycles. The highest BCUT2D eigenvalue weighted by molar-refractivity contribution is 5.81. The van der Waals surface area contributed by atoms with Crippen molar-refractivity contribution in [3.05, 3.63) is 112 Å². The van der Waals surface area contributed by atoms with Gasteiger partial charge >= 0.3 is 0 Å². The second-order valence-electron chi connectivity index (χ2n) is 9.41. The van der Waals surface area contributed by atoms with Gasteiger partial charge in [0.15, 0.2) is 5.82 Å². The Morgan fingerprint density at radius 3 is 2.70 bits per heavy atom. The van der Waals surface area contributed by atoms with Gasteiger partial charge in [0.1, 0.15) is 11.8 Å². The third kappa shape index (κ3) is 4.24. The van der Waals surface area contributed by atoms with E-state index in [1.54, 1.807) is 4.68 Å². The van der Waals surface area contributed by atoms with Crippen LogP contribution in [0.5, 0.6) is 5.75 Å². The van der Waals surface area contributed by atoms with Gasteiger partial charge in [0.2, 0.25) is 0 Å². The Labute approximate surface area is 214 Å². The van der Waals surface area contributed by atoms with Crippen LogP contribution in [-0.2, 0) is 13.0 Å². The molecule has 0 saturated heterocycles. The maximum Gasteiger partial charge on any atom is 0.254 e. The number of aromatic nitrogens is 5. The van der Waals surface area contributed by atoms with Crippen molar-refractivity contribution in [1.29, 1.82) is 0 Å². The van der Waals surface area contributed by atoms with E-state index in [2.05, 4.69) is 50.5 Å². The molecule has 0 fully saturated rings. The standard InChI is InChI=1S/C29H28N6O2/c1-3-37-23-13-14-25-22(16-23)17-24(29(36)30-25)27(35-19(2)15-21-11-7-8-12-26(21)35)28-31-32-33-34(28)18-20-9-5-4-6-10-20/h4-14,16-17,19,27H,3,15,18H2,1-2H3,(H,30,36)/t19-,27-/m0/s1. The van der Waals surface area contributed by atoms with Gasteiger partial charge in [0, 0.05) is 28.2 Å². The number of ether oxygens (including phenoxy) is 1. The number of H-pyrrole nitrogens is 1. The average molecular weight is 493 g/mol. The van der Waals surface area contributed by atoms with Gasteiger partial charge in [-0.05, 0) is 72.2 Å². The first-order valence-corrected chi connectivity index (χ1v) is 12.6. The van der Waals surface area contributed by atoms with Gasteiger partial charge < -0.3 is 14.6 Å². The molecule has 0 aliphatic carbocycles. The third-order valence-electron chi connectivity index (χ3n) is 6.97. The fourth-order valence-electron chi connectivity index (χ4n) is 5.33. The van der Waals surface area contributed by atoms with Crippen LogP contribution < -0.4 is 15.2 Å². The molecule has 3 aromatic carbocycles. The number of anilines is 1. The van der Waals surface area contributed by atoms with Gasteiger partial charge in [-0.1, -0.05) is 48.5 Å². The minimum Gasteiger partial charge on any atom is -0.494 e. The summed E-state index contributed by atoms with van der Waals surface area (Å²) in [5.74, 6) is 1.39. The maximum absolute atomic E-state index is 13.6. The van der Waals surface area contributed by atoms with Crippen molar-refractivity contribution < 1.29 is 4.74 Å². The number of nitrogens with zero attached hydrogens (tertiary/aromatic N) is 5. The summed E-state index contributed by atoms with van der Waals surface area (Å²) in [5.41, 5.74) is 4.62. The van der Waals surface area contributed by atoms with E-state index >= 15 is 0 Å². The summed E-state index contributed by atoms with van der Waals surface area (Å²) in [6.07, 6.45) is 0.882. The summed E-state index contributed by atoms with van der Waals surface area (Å²) in [4.78, 5) is 19.0. The number of tetrazole rings is 1. The number of para-hydroxylation sites is 1. The Balaban J connectivity index is 1.54. The Morgan fingerprint density at radius 2 is 1.86 bits per heavy atom. The first-order chi connectivity index (χ1) is 18.1. The number of hydrogen-bond acceptors (Lipinski definition) is 6. The monoisotopic (exact) mass is 492 g/mol. The lowest BCUT2D eigenvalue weighted by Crippen LogP contribution is -2.38. The largest absolute Gasteiger partial charge is 0.494 e. The highest BCUT2D eigenvalue weighted by atomic mass is 16.5. The van der Waals surface area contributed by atoms with Crippen molar-refractivity contribution in [3.8, 4) is 5.75 Å². The summed E-state index contributed by atoms with van der Waals surface area (Å²) in [6, 6.07) is 25.8. The molecule has 1 N–H and O–H groups in total. The van der Waals surface area contributed by atoms with E-state index in [0.29, 0.717) is 24.5 Å².